The third-order valence-corrected chi connectivity index (χ3v) is 7.08. The Kier molecular flexibility index (Phi) is 38.1. The summed E-state index contributed by atoms with van der Waals surface area (Å²) in [5.74, 6) is -7.42. The second-order valence-electron chi connectivity index (χ2n) is 9.75. The fourth-order valence-corrected chi connectivity index (χ4v) is 4.75. The summed E-state index contributed by atoms with van der Waals surface area (Å²) in [7, 11) is 10.8. The Balaban J connectivity index is -0.000000242. The summed E-state index contributed by atoms with van der Waals surface area (Å²) < 4.78 is 56.1. The van der Waals surface area contributed by atoms with E-state index in [9.17, 15) is 24.3 Å². The maximum atomic E-state index is 11.4. The van der Waals surface area contributed by atoms with Crippen LogP contribution in [0.15, 0.2) is 68.0 Å². The largest absolute Gasteiger partial charge is 0.504 e. The number of carbonyl (C=O) groups is 5. The molecule has 0 amide bonds. The molecule has 4 aromatic rings. The Morgan fingerprint density at radius 1 is 0.682 bits per heavy atom. The van der Waals surface area contributed by atoms with E-state index in [1.54, 1.807) is 0 Å². The maximum Gasteiger partial charge on any atom is 0.341 e. The minimum absolute atomic E-state index is 0. The molecular weight excluding hydrogens is 1330 g/mol. The van der Waals surface area contributed by atoms with Crippen LogP contribution in [-0.2, 0) is 23.5 Å². The van der Waals surface area contributed by atoms with E-state index in [-0.39, 0.29) is 46.9 Å². The van der Waals surface area contributed by atoms with Gasteiger partial charge in [-0.15, -0.1) is 23.2 Å². The van der Waals surface area contributed by atoms with Crippen LogP contribution < -0.4 is 9.47 Å². The number of carboxylic acids is 3. The number of esters is 2. The van der Waals surface area contributed by atoms with E-state index >= 15 is 0 Å². The molecule has 0 bridgehead atoms. The molecule has 1 aliphatic rings. The average Bonchev–Trinajstić information content (AvgIpc) is 3.55. The van der Waals surface area contributed by atoms with Gasteiger partial charge >= 0.3 is 23.9 Å². The number of aliphatic carboxylic acids is 1. The number of phenols is 6. The highest BCUT2D eigenvalue weighted by Gasteiger charge is 2.23. The van der Waals surface area contributed by atoms with Crippen molar-refractivity contribution in [3.8, 4) is 46.0 Å². The molecule has 20 nitrogen and oxygen atoms in total. The quantitative estimate of drug-likeness (QED) is 0.0393. The molecule has 0 unspecified atom stereocenters. The first-order valence-corrected chi connectivity index (χ1v) is 24.9. The lowest BCUT2D eigenvalue weighted by Gasteiger charge is -2.04. The molecule has 0 radical (unpaired) electrons. The van der Waals surface area contributed by atoms with Crippen LogP contribution in [-0.4, -0.2) is 118 Å². The van der Waals surface area contributed by atoms with E-state index < -0.39 is 79.9 Å². The molecule has 0 saturated carbocycles. The van der Waals surface area contributed by atoms with Crippen LogP contribution in [0.2, 0.25) is 0 Å². The van der Waals surface area contributed by atoms with Crippen LogP contribution >= 0.6 is 121 Å². The number of carboxylic acid groups (broad SMARTS) is 3. The van der Waals surface area contributed by atoms with Crippen molar-refractivity contribution in [1.82, 2.24) is 0 Å². The molecule has 1 heterocycles. The highest BCUT2D eigenvalue weighted by Crippen LogP contribution is 2.39. The lowest BCUT2D eigenvalue weighted by molar-refractivity contribution is -0.134. The second-order valence-corrected chi connectivity index (χ2v) is 15.6. The van der Waals surface area contributed by atoms with E-state index in [0.717, 1.165) is 14.0 Å². The van der Waals surface area contributed by atoms with Crippen molar-refractivity contribution in [3.05, 3.63) is 90.3 Å². The van der Waals surface area contributed by atoms with Crippen molar-refractivity contribution in [1.29, 1.82) is 0 Å². The summed E-state index contributed by atoms with van der Waals surface area (Å²) >= 11 is 24.0. The fraction of sp³-hybridized carbons (Fsp3) is 0.194. The number of benzene rings is 4. The van der Waals surface area contributed by atoms with Gasteiger partial charge in [0.15, 0.2) is 46.0 Å². The number of hydrogen-bond donors (Lipinski definition) is 10. The number of alkyl halides is 2. The number of aliphatic hydroxyl groups is 1. The number of para-hydroxylation sites is 1. The summed E-state index contributed by atoms with van der Waals surface area (Å²) in [5, 5.41) is 83.5. The molecule has 10 N–H and O–H groups in total. The topological polar surface area (TPSA) is 342 Å². The van der Waals surface area contributed by atoms with Crippen LogP contribution in [0.1, 0.15) is 61.3 Å². The summed E-state index contributed by atoms with van der Waals surface area (Å²) in [4.78, 5) is 52.2. The highest BCUT2D eigenvalue weighted by atomic mass is 80.9. The van der Waals surface area contributed by atoms with Crippen molar-refractivity contribution < 1.29 is 104 Å². The lowest BCUT2D eigenvalue weighted by Crippen LogP contribution is -2.03. The average molecular weight is 1370 g/mol. The van der Waals surface area contributed by atoms with Gasteiger partial charge in [-0.05, 0) is 48.5 Å². The van der Waals surface area contributed by atoms with E-state index in [1.807, 2.05) is 0 Å². The zero-order valence-electron chi connectivity index (χ0n) is 36.6. The molecule has 0 saturated heterocycles. The number of methoxy groups -OCH3 is 2. The zero-order valence-corrected chi connectivity index (χ0v) is 44.3. The van der Waals surface area contributed by atoms with Crippen molar-refractivity contribution >= 4 is 160 Å². The lowest BCUT2D eigenvalue weighted by atomic mass is 10.2. The Morgan fingerprint density at radius 3 is 1.39 bits per heavy atom. The number of rotatable bonds is 4. The monoisotopic (exact) mass is 1360 g/mol. The van der Waals surface area contributed by atoms with Crippen LogP contribution in [0.25, 0.3) is 0 Å². The van der Waals surface area contributed by atoms with Gasteiger partial charge < -0.3 is 70.0 Å². The van der Waals surface area contributed by atoms with Crippen LogP contribution in [0.4, 0.5) is 0 Å². The number of halogens is 9. The van der Waals surface area contributed by atoms with Crippen LogP contribution in [0.3, 0.4) is 0 Å². The third kappa shape index (κ3) is 29.8. The first-order chi connectivity index (χ1) is 31.6. The maximum absolute atomic E-state index is 11.4. The van der Waals surface area contributed by atoms with Gasteiger partial charge in [-0.1, -0.05) is 61.3 Å². The van der Waals surface area contributed by atoms with Gasteiger partial charge in [0.1, 0.15) is 25.0 Å². The summed E-state index contributed by atoms with van der Waals surface area (Å²) in [6, 6.07) is 11.8. The molecule has 372 valence electrons. The van der Waals surface area contributed by atoms with Gasteiger partial charge in [0, 0.05) is 77.1 Å². The molecule has 0 aliphatic carbocycles. The van der Waals surface area contributed by atoms with Crippen LogP contribution in [0.5, 0.6) is 46.0 Å². The minimum atomic E-state index is -2.26. The predicted octanol–water partition coefficient (Wildman–Crippen LogP) is 10.5. The number of fused-ring (bicyclic) bond motifs is 1. The zero-order chi connectivity index (χ0) is 55.3. The second kappa shape index (κ2) is 40.4. The molecule has 66 heavy (non-hydrogen) atoms. The number of carbonyl (C=O) groups excluding carboxylic acids is 2. The molecule has 4 aromatic carbocycles. The van der Waals surface area contributed by atoms with Crippen molar-refractivity contribution in [3.63, 3.8) is 0 Å². The molecule has 0 atom stereocenters. The Hall–Kier alpha value is -3.70. The minimum Gasteiger partial charge on any atom is -0.504 e. The van der Waals surface area contributed by atoms with E-state index in [0.29, 0.717) is 13.4 Å². The smallest absolute Gasteiger partial charge is 0.341 e. The van der Waals surface area contributed by atoms with Crippen molar-refractivity contribution in [2.24, 2.45) is 0 Å². The van der Waals surface area contributed by atoms with Crippen LogP contribution in [0, 0.1) is 0 Å². The van der Waals surface area contributed by atoms with Gasteiger partial charge in [-0.25, -0.2) is 23.4 Å². The molecule has 0 aromatic heterocycles. The number of hydrogen-bond acceptors (Lipinski definition) is 17. The van der Waals surface area contributed by atoms with Crippen molar-refractivity contribution in [2.75, 3.05) is 33.4 Å². The van der Waals surface area contributed by atoms with Gasteiger partial charge in [0.25, 0.3) is 5.97 Å². The molecule has 5 rings (SSSR count). The molecule has 1 aliphatic heterocycles. The summed E-state index contributed by atoms with van der Waals surface area (Å²) in [6.45, 7) is -1.17. The molecule has 30 heteroatoms. The number of phenolic OH excluding ortho intramolecular Hbond substituents is 4. The third-order valence-electron chi connectivity index (χ3n) is 5.71. The Bertz CT molecular complexity index is 2330. The van der Waals surface area contributed by atoms with E-state index in [2.05, 4.69) is 130 Å². The normalized spacial score (nSPS) is 11.2. The first kappa shape index (κ1) is 62.3. The molecule has 0 fully saturated rings. The fourth-order valence-electron chi connectivity index (χ4n) is 3.42. The predicted molar refractivity (Wildman–Crippen MR) is 264 cm³/mol. The highest BCUT2D eigenvalue weighted by molar-refractivity contribution is 9.93. The summed E-state index contributed by atoms with van der Waals surface area (Å²) in [6.07, 6.45) is 0. The molecular formula is C36H39Br5Cl4O20S. The molecule has 0 spiro atoms. The number of aliphatic hydroxyl groups excluding tert-OH is 1. The van der Waals surface area contributed by atoms with Gasteiger partial charge in [0.05, 0.1) is 22.3 Å². The standard InChI is InChI=1S/C9H7BrO4.C8H7BrO4.C7H5BrO4.C7H6O4.C2H4O2.CH2Cl2.CH4O.CH4.Br2.Cl2OS/c1-12-9(11)6-2-5(10)3-7-8(6)14-4-13-7;1-13-8(12)5-2-4(9)3-6(10)7(5)11;8-3-1-4(7(11)12)6(10)5(9)2-3;8-5-3-1-2-4(6(5)9)7(10)11;1-2(3)4;2-1-3;1-2;;1-2;1-4(2)3/h2-3H,4H2,1H3;2-3,10-11H,1H3;1-2,9-10H,(H,11,12);1-3,8-9H,(H,10,11);1H3,(H,3,4);1H2;2H,1H3;1H4;;/i4D2;;;;;1D2;;;;. The Labute approximate surface area is 443 Å². The van der Waals surface area contributed by atoms with Gasteiger partial charge in [-0.3, -0.25) is 4.79 Å². The number of aromatic carboxylic acids is 2. The van der Waals surface area contributed by atoms with E-state index in [1.165, 1.54) is 68.8 Å². The van der Waals surface area contributed by atoms with Crippen molar-refractivity contribution in [2.45, 2.75) is 14.4 Å². The number of ether oxygens (including phenoxy) is 4. The SMILES string of the molecule is BrBr.C.CC(=O)O.CO.COC(=O)c1cc(Br)cc(O)c1O.O=C(O)c1cc(Br)cc(O)c1O.O=C(O)c1cccc(O)c1O.O=S(Cl)Cl.[2H]C([2H])(Cl)Cl.[2H]C1([2H])Oc2cc(Br)cc(C(=O)OC)c2O1. The van der Waals surface area contributed by atoms with Gasteiger partial charge in [-0.2, -0.15) is 0 Å². The Morgan fingerprint density at radius 2 is 1.02 bits per heavy atom. The van der Waals surface area contributed by atoms with E-state index in [4.69, 9.17) is 69.9 Å². The number of aromatic hydroxyl groups is 6. The summed E-state index contributed by atoms with van der Waals surface area (Å²) in [5.41, 5.74) is -0.588. The van der Waals surface area contributed by atoms with Gasteiger partial charge in [0.2, 0.25) is 16.0 Å². The first-order valence-electron chi connectivity index (χ1n) is 17.3.